The number of benzene rings is 1. The molecule has 0 bridgehead atoms. The van der Waals surface area contributed by atoms with E-state index in [1.807, 2.05) is 0 Å². The molecule has 0 amide bonds. The Balaban J connectivity index is 2.81. The molecule has 0 spiro atoms. The number of halogens is 2. The fourth-order valence-corrected chi connectivity index (χ4v) is 2.53. The van der Waals surface area contributed by atoms with Crippen LogP contribution in [0.25, 0.3) is 11.0 Å². The highest BCUT2D eigenvalue weighted by molar-refractivity contribution is 7.71. The number of esters is 1. The summed E-state index contributed by atoms with van der Waals surface area (Å²) in [5, 5.41) is 0. The second-order valence-corrected chi connectivity index (χ2v) is 5.16. The molecule has 0 saturated heterocycles. The van der Waals surface area contributed by atoms with Gasteiger partial charge in [-0.05, 0) is 30.3 Å². The Morgan fingerprint density at radius 2 is 2.05 bits per heavy atom. The van der Waals surface area contributed by atoms with Crippen molar-refractivity contribution in [2.24, 2.45) is 5.92 Å². The predicted octanol–water partition coefficient (Wildman–Crippen LogP) is 3.35. The second-order valence-electron chi connectivity index (χ2n) is 4.77. The summed E-state index contributed by atoms with van der Waals surface area (Å²) in [6.45, 7) is 3.55. The standard InChI is InChI=1S/C13H14F2N2O2S/c1-6(2)10(12(18)19-3)17-11-8(16-13(17)20)5-4-7(14)9(11)15/h4-6,10H,1-3H3,(H,16,20). The molecule has 0 aliphatic heterocycles. The Morgan fingerprint density at radius 1 is 1.40 bits per heavy atom. The maximum atomic E-state index is 14.0. The molecule has 20 heavy (non-hydrogen) atoms. The molecule has 1 aromatic heterocycles. The molecular weight excluding hydrogens is 286 g/mol. The minimum Gasteiger partial charge on any atom is -0.467 e. The number of nitrogens with zero attached hydrogens (tertiary/aromatic N) is 1. The molecule has 1 heterocycles. The maximum Gasteiger partial charge on any atom is 0.329 e. The molecular formula is C13H14F2N2O2S. The molecule has 1 atom stereocenters. The third-order valence-corrected chi connectivity index (χ3v) is 3.42. The lowest BCUT2D eigenvalue weighted by Gasteiger charge is -2.20. The maximum absolute atomic E-state index is 14.0. The molecule has 7 heteroatoms. The lowest BCUT2D eigenvalue weighted by molar-refractivity contribution is -0.145. The fraction of sp³-hybridized carbons (Fsp3) is 0.385. The molecule has 0 radical (unpaired) electrons. The van der Waals surface area contributed by atoms with E-state index in [0.29, 0.717) is 5.52 Å². The number of ether oxygens (including phenoxy) is 1. The van der Waals surface area contributed by atoms with Crippen molar-refractivity contribution in [1.29, 1.82) is 0 Å². The Kier molecular flexibility index (Phi) is 3.89. The van der Waals surface area contributed by atoms with Crippen LogP contribution >= 0.6 is 12.2 Å². The molecule has 1 aromatic carbocycles. The van der Waals surface area contributed by atoms with Crippen LogP contribution in [-0.2, 0) is 9.53 Å². The number of carbonyl (C=O) groups is 1. The average Bonchev–Trinajstić information content (AvgIpc) is 2.71. The highest BCUT2D eigenvalue weighted by Gasteiger charge is 2.29. The van der Waals surface area contributed by atoms with Crippen molar-refractivity contribution in [3.63, 3.8) is 0 Å². The molecule has 0 saturated carbocycles. The van der Waals surface area contributed by atoms with Crippen molar-refractivity contribution < 1.29 is 18.3 Å². The summed E-state index contributed by atoms with van der Waals surface area (Å²) in [5.41, 5.74) is 0.280. The van der Waals surface area contributed by atoms with E-state index in [-0.39, 0.29) is 16.2 Å². The highest BCUT2D eigenvalue weighted by atomic mass is 32.1. The van der Waals surface area contributed by atoms with Crippen LogP contribution in [0.4, 0.5) is 8.78 Å². The zero-order valence-corrected chi connectivity index (χ0v) is 12.1. The van der Waals surface area contributed by atoms with Gasteiger partial charge in [-0.15, -0.1) is 0 Å². The molecule has 1 N–H and O–H groups in total. The molecule has 108 valence electrons. The van der Waals surface area contributed by atoms with E-state index in [2.05, 4.69) is 4.98 Å². The van der Waals surface area contributed by atoms with Gasteiger partial charge in [0, 0.05) is 0 Å². The van der Waals surface area contributed by atoms with Crippen molar-refractivity contribution >= 4 is 29.2 Å². The van der Waals surface area contributed by atoms with Crippen LogP contribution in [0.3, 0.4) is 0 Å². The van der Waals surface area contributed by atoms with E-state index in [0.717, 1.165) is 6.07 Å². The van der Waals surface area contributed by atoms with E-state index in [9.17, 15) is 13.6 Å². The van der Waals surface area contributed by atoms with Gasteiger partial charge in [0.15, 0.2) is 16.4 Å². The van der Waals surface area contributed by atoms with Crippen molar-refractivity contribution in [3.05, 3.63) is 28.5 Å². The number of aromatic amines is 1. The Labute approximate surface area is 119 Å². The van der Waals surface area contributed by atoms with Gasteiger partial charge in [0.1, 0.15) is 11.6 Å². The summed E-state index contributed by atoms with van der Waals surface area (Å²) in [4.78, 5) is 14.7. The van der Waals surface area contributed by atoms with Gasteiger partial charge in [-0.25, -0.2) is 13.6 Å². The molecule has 0 aliphatic rings. The third kappa shape index (κ3) is 2.22. The number of aromatic nitrogens is 2. The van der Waals surface area contributed by atoms with Crippen LogP contribution in [0.1, 0.15) is 19.9 Å². The van der Waals surface area contributed by atoms with Crippen molar-refractivity contribution in [1.82, 2.24) is 9.55 Å². The lowest BCUT2D eigenvalue weighted by Crippen LogP contribution is -2.26. The largest absolute Gasteiger partial charge is 0.467 e. The number of fused-ring (bicyclic) bond motifs is 1. The number of imidazole rings is 1. The van der Waals surface area contributed by atoms with Crippen LogP contribution in [0.5, 0.6) is 0 Å². The zero-order valence-electron chi connectivity index (χ0n) is 11.2. The lowest BCUT2D eigenvalue weighted by atomic mass is 10.0. The van der Waals surface area contributed by atoms with Crippen LogP contribution in [0.15, 0.2) is 12.1 Å². The van der Waals surface area contributed by atoms with Gasteiger partial charge >= 0.3 is 5.97 Å². The van der Waals surface area contributed by atoms with Gasteiger partial charge in [0.2, 0.25) is 0 Å². The number of H-pyrrole nitrogens is 1. The van der Waals surface area contributed by atoms with Crippen LogP contribution < -0.4 is 0 Å². The van der Waals surface area contributed by atoms with E-state index >= 15 is 0 Å². The Hall–Kier alpha value is -1.76. The number of hydrogen-bond acceptors (Lipinski definition) is 3. The summed E-state index contributed by atoms with van der Waals surface area (Å²) in [6, 6.07) is 1.57. The first kappa shape index (κ1) is 14.6. The minimum atomic E-state index is -1.04. The summed E-state index contributed by atoms with van der Waals surface area (Å²) in [5.74, 6) is -2.78. The first-order valence-electron chi connectivity index (χ1n) is 6.04. The highest BCUT2D eigenvalue weighted by Crippen LogP contribution is 2.28. The number of nitrogens with one attached hydrogen (secondary N) is 1. The molecule has 0 aliphatic carbocycles. The van der Waals surface area contributed by atoms with Gasteiger partial charge in [-0.3, -0.25) is 4.57 Å². The quantitative estimate of drug-likeness (QED) is 0.698. The number of hydrogen-bond donors (Lipinski definition) is 1. The van der Waals surface area contributed by atoms with Crippen molar-refractivity contribution in [3.8, 4) is 0 Å². The van der Waals surface area contributed by atoms with Crippen LogP contribution in [-0.4, -0.2) is 22.6 Å². The average molecular weight is 300 g/mol. The van der Waals surface area contributed by atoms with Crippen LogP contribution in [0, 0.1) is 22.3 Å². The van der Waals surface area contributed by atoms with Gasteiger partial charge < -0.3 is 9.72 Å². The molecule has 2 rings (SSSR count). The molecule has 1 unspecified atom stereocenters. The monoisotopic (exact) mass is 300 g/mol. The summed E-state index contributed by atoms with van der Waals surface area (Å²) in [6.07, 6.45) is 0. The predicted molar refractivity (Wildman–Crippen MR) is 72.9 cm³/mol. The normalized spacial score (nSPS) is 12.9. The van der Waals surface area contributed by atoms with E-state index in [1.165, 1.54) is 17.7 Å². The topological polar surface area (TPSA) is 47.0 Å². The minimum absolute atomic E-state index is 0.0564. The number of rotatable bonds is 3. The molecule has 2 aromatic rings. The summed E-state index contributed by atoms with van der Waals surface area (Å²) >= 11 is 5.13. The number of carbonyl (C=O) groups excluding carboxylic acids is 1. The fourth-order valence-electron chi connectivity index (χ4n) is 2.22. The second kappa shape index (κ2) is 5.32. The zero-order chi connectivity index (χ0) is 15.0. The van der Waals surface area contributed by atoms with Crippen molar-refractivity contribution in [2.45, 2.75) is 19.9 Å². The van der Waals surface area contributed by atoms with Gasteiger partial charge in [-0.2, -0.15) is 0 Å². The van der Waals surface area contributed by atoms with E-state index in [1.54, 1.807) is 13.8 Å². The first-order valence-corrected chi connectivity index (χ1v) is 6.45. The van der Waals surface area contributed by atoms with Gasteiger partial charge in [-0.1, -0.05) is 13.8 Å². The van der Waals surface area contributed by atoms with E-state index in [4.69, 9.17) is 17.0 Å². The van der Waals surface area contributed by atoms with E-state index < -0.39 is 23.6 Å². The van der Waals surface area contributed by atoms with Crippen molar-refractivity contribution in [2.75, 3.05) is 7.11 Å². The smallest absolute Gasteiger partial charge is 0.329 e. The van der Waals surface area contributed by atoms with Gasteiger partial charge in [0.25, 0.3) is 0 Å². The molecule has 0 fully saturated rings. The first-order chi connectivity index (χ1) is 9.38. The SMILES string of the molecule is COC(=O)C(C(C)C)n1c(=S)[nH]c2ccc(F)c(F)c21. The summed E-state index contributed by atoms with van der Waals surface area (Å²) < 4.78 is 33.6. The Morgan fingerprint density at radius 3 is 2.60 bits per heavy atom. The van der Waals surface area contributed by atoms with Gasteiger partial charge in [0.05, 0.1) is 12.6 Å². The molecule has 4 nitrogen and oxygen atoms in total. The summed E-state index contributed by atoms with van der Waals surface area (Å²) in [7, 11) is 1.24. The number of methoxy groups -OCH3 is 1. The van der Waals surface area contributed by atoms with Crippen LogP contribution in [0.2, 0.25) is 0 Å². The Bertz CT molecular complexity index is 721. The third-order valence-electron chi connectivity index (χ3n) is 3.12.